The predicted octanol–water partition coefficient (Wildman–Crippen LogP) is 5.22. The number of nitriles is 1. The van der Waals surface area contributed by atoms with Crippen LogP contribution in [0, 0.1) is 18.3 Å². The molecule has 0 amide bonds. The maximum Gasteiger partial charge on any atom is 0.266 e. The van der Waals surface area contributed by atoms with Crippen LogP contribution in [0.1, 0.15) is 16.8 Å². The highest BCUT2D eigenvalue weighted by molar-refractivity contribution is 9.10. The maximum atomic E-state index is 12.1. The second-order valence-corrected chi connectivity index (χ2v) is 7.09. The van der Waals surface area contributed by atoms with Crippen LogP contribution < -0.4 is 10.3 Å². The van der Waals surface area contributed by atoms with Crippen molar-refractivity contribution in [3.63, 3.8) is 0 Å². The van der Waals surface area contributed by atoms with Gasteiger partial charge in [0.15, 0.2) is 0 Å². The molecule has 0 fully saturated rings. The molecule has 2 aromatic carbocycles. The molecule has 0 aliphatic rings. The number of halogens is 2. The number of aromatic nitrogens is 1. The van der Waals surface area contributed by atoms with Crippen LogP contribution in [0.15, 0.2) is 57.8 Å². The first kappa shape index (κ1) is 18.2. The normalized spacial score (nSPS) is 10.4. The maximum absolute atomic E-state index is 12.1. The minimum Gasteiger partial charge on any atom is -0.488 e. The van der Waals surface area contributed by atoms with Crippen LogP contribution in [-0.4, -0.2) is 4.98 Å². The number of rotatable bonds is 4. The van der Waals surface area contributed by atoms with E-state index in [1.54, 1.807) is 25.1 Å². The van der Waals surface area contributed by atoms with Gasteiger partial charge >= 0.3 is 0 Å². The Hall–Kier alpha value is -2.55. The van der Waals surface area contributed by atoms with Crippen molar-refractivity contribution in [2.75, 3.05) is 0 Å². The number of nitrogens with zero attached hydrogens (tertiary/aromatic N) is 1. The average molecular weight is 430 g/mol. The first-order valence-corrected chi connectivity index (χ1v) is 8.96. The number of H-pyrrole nitrogens is 1. The molecule has 0 aliphatic heterocycles. The molecule has 0 unspecified atom stereocenters. The van der Waals surface area contributed by atoms with E-state index in [-0.39, 0.29) is 5.56 Å². The van der Waals surface area contributed by atoms with Gasteiger partial charge in [-0.1, -0.05) is 39.7 Å². The number of aromatic amines is 1. The summed E-state index contributed by atoms with van der Waals surface area (Å²) in [5.74, 6) is 0.588. The summed E-state index contributed by atoms with van der Waals surface area (Å²) in [7, 11) is 0. The topological polar surface area (TPSA) is 65.9 Å². The summed E-state index contributed by atoms with van der Waals surface area (Å²) in [6.45, 7) is 2.12. The van der Waals surface area contributed by atoms with Crippen LogP contribution in [0.25, 0.3) is 11.1 Å². The Bertz CT molecular complexity index is 1050. The van der Waals surface area contributed by atoms with Crippen LogP contribution in [-0.2, 0) is 6.61 Å². The highest BCUT2D eigenvalue weighted by atomic mass is 79.9. The van der Waals surface area contributed by atoms with Gasteiger partial charge in [0.2, 0.25) is 0 Å². The smallest absolute Gasteiger partial charge is 0.266 e. The third kappa shape index (κ3) is 3.98. The molecule has 1 heterocycles. The van der Waals surface area contributed by atoms with Crippen molar-refractivity contribution in [3.05, 3.63) is 85.2 Å². The fraction of sp³-hybridized carbons (Fsp3) is 0.100. The molecule has 1 N–H and O–H groups in total. The fourth-order valence-corrected chi connectivity index (χ4v) is 3.08. The van der Waals surface area contributed by atoms with Crippen LogP contribution in [0.3, 0.4) is 0 Å². The lowest BCUT2D eigenvalue weighted by molar-refractivity contribution is 0.307. The molecule has 130 valence electrons. The molecule has 4 nitrogen and oxygen atoms in total. The van der Waals surface area contributed by atoms with Crippen molar-refractivity contribution < 1.29 is 4.74 Å². The highest BCUT2D eigenvalue weighted by Gasteiger charge is 2.15. The van der Waals surface area contributed by atoms with Gasteiger partial charge in [0.05, 0.1) is 0 Å². The van der Waals surface area contributed by atoms with Gasteiger partial charge in [-0.3, -0.25) is 4.79 Å². The van der Waals surface area contributed by atoms with E-state index in [0.717, 1.165) is 10.0 Å². The Morgan fingerprint density at radius 2 is 1.88 bits per heavy atom. The van der Waals surface area contributed by atoms with Gasteiger partial charge in [-0.2, -0.15) is 5.26 Å². The second kappa shape index (κ2) is 7.77. The molecular formula is C20H14BrClN2O2. The van der Waals surface area contributed by atoms with E-state index >= 15 is 0 Å². The van der Waals surface area contributed by atoms with E-state index in [2.05, 4.69) is 20.9 Å². The lowest BCUT2D eigenvalue weighted by Gasteiger charge is -2.14. The van der Waals surface area contributed by atoms with E-state index in [1.807, 2.05) is 36.4 Å². The monoisotopic (exact) mass is 428 g/mol. The van der Waals surface area contributed by atoms with E-state index in [1.165, 1.54) is 0 Å². The minimum atomic E-state index is -0.411. The molecule has 3 rings (SSSR count). The standard InChI is InChI=1S/C20H14BrClN2O2/c1-12-8-16(18(10-23)20(25)24-12)17-9-14(21)4-7-19(17)26-11-13-2-5-15(22)6-3-13/h2-9H,11H2,1H3,(H,24,25). The van der Waals surface area contributed by atoms with Crippen LogP contribution in [0.2, 0.25) is 5.02 Å². The molecule has 26 heavy (non-hydrogen) atoms. The van der Waals surface area contributed by atoms with Crippen LogP contribution in [0.4, 0.5) is 0 Å². The van der Waals surface area contributed by atoms with Crippen molar-refractivity contribution in [3.8, 4) is 22.9 Å². The van der Waals surface area contributed by atoms with E-state index in [0.29, 0.717) is 34.2 Å². The molecule has 3 aromatic rings. The number of hydrogen-bond acceptors (Lipinski definition) is 3. The third-order valence-corrected chi connectivity index (χ3v) is 4.56. The molecule has 0 spiro atoms. The first-order valence-electron chi connectivity index (χ1n) is 7.79. The fourth-order valence-electron chi connectivity index (χ4n) is 2.59. The molecule has 0 saturated heterocycles. The van der Waals surface area contributed by atoms with E-state index < -0.39 is 5.56 Å². The Morgan fingerprint density at radius 1 is 1.15 bits per heavy atom. The lowest BCUT2D eigenvalue weighted by atomic mass is 10.00. The number of benzene rings is 2. The van der Waals surface area contributed by atoms with Gasteiger partial charge in [-0.05, 0) is 48.9 Å². The van der Waals surface area contributed by atoms with Crippen LogP contribution >= 0.6 is 27.5 Å². The molecule has 1 aromatic heterocycles. The zero-order chi connectivity index (χ0) is 18.7. The summed E-state index contributed by atoms with van der Waals surface area (Å²) in [6, 6.07) is 16.6. The zero-order valence-electron chi connectivity index (χ0n) is 13.8. The van der Waals surface area contributed by atoms with Gasteiger partial charge in [0.25, 0.3) is 5.56 Å². The molecule has 0 atom stereocenters. The van der Waals surface area contributed by atoms with Gasteiger partial charge in [-0.25, -0.2) is 0 Å². The molecule has 0 bridgehead atoms. The summed E-state index contributed by atoms with van der Waals surface area (Å²) < 4.78 is 6.79. The Morgan fingerprint density at radius 3 is 2.58 bits per heavy atom. The molecular weight excluding hydrogens is 416 g/mol. The van der Waals surface area contributed by atoms with Crippen molar-refractivity contribution in [2.24, 2.45) is 0 Å². The van der Waals surface area contributed by atoms with Crippen molar-refractivity contribution in [1.29, 1.82) is 5.26 Å². The van der Waals surface area contributed by atoms with Gasteiger partial charge < -0.3 is 9.72 Å². The summed E-state index contributed by atoms with van der Waals surface area (Å²) in [6.07, 6.45) is 0. The number of ether oxygens (including phenoxy) is 1. The van der Waals surface area contributed by atoms with Crippen molar-refractivity contribution >= 4 is 27.5 Å². The summed E-state index contributed by atoms with van der Waals surface area (Å²) in [4.78, 5) is 14.8. The summed E-state index contributed by atoms with van der Waals surface area (Å²) in [5.41, 5.74) is 2.51. The van der Waals surface area contributed by atoms with E-state index in [4.69, 9.17) is 16.3 Å². The zero-order valence-corrected chi connectivity index (χ0v) is 16.2. The largest absolute Gasteiger partial charge is 0.488 e. The number of hydrogen-bond donors (Lipinski definition) is 1. The van der Waals surface area contributed by atoms with Gasteiger partial charge in [-0.15, -0.1) is 0 Å². The van der Waals surface area contributed by atoms with Gasteiger partial charge in [0, 0.05) is 26.3 Å². The van der Waals surface area contributed by atoms with Crippen molar-refractivity contribution in [2.45, 2.75) is 13.5 Å². The second-order valence-electron chi connectivity index (χ2n) is 5.74. The van der Waals surface area contributed by atoms with Crippen LogP contribution in [0.5, 0.6) is 5.75 Å². The molecule has 0 aliphatic carbocycles. The summed E-state index contributed by atoms with van der Waals surface area (Å²) >= 11 is 9.35. The molecule has 6 heteroatoms. The predicted molar refractivity (Wildman–Crippen MR) is 105 cm³/mol. The third-order valence-electron chi connectivity index (χ3n) is 3.82. The SMILES string of the molecule is Cc1cc(-c2cc(Br)ccc2OCc2ccc(Cl)cc2)c(C#N)c(=O)[nH]1. The molecule has 0 radical (unpaired) electrons. The minimum absolute atomic E-state index is 0.0602. The summed E-state index contributed by atoms with van der Waals surface area (Å²) in [5, 5.41) is 10.1. The lowest BCUT2D eigenvalue weighted by Crippen LogP contribution is -2.13. The number of aryl methyl sites for hydroxylation is 1. The first-order chi connectivity index (χ1) is 12.5. The average Bonchev–Trinajstić information content (AvgIpc) is 2.61. The number of pyridine rings is 1. The van der Waals surface area contributed by atoms with Crippen molar-refractivity contribution in [1.82, 2.24) is 4.98 Å². The highest BCUT2D eigenvalue weighted by Crippen LogP contribution is 2.34. The molecule has 0 saturated carbocycles. The Kier molecular flexibility index (Phi) is 5.46. The Labute approximate surface area is 164 Å². The quantitative estimate of drug-likeness (QED) is 0.618. The van der Waals surface area contributed by atoms with Gasteiger partial charge in [0.1, 0.15) is 24.0 Å². The van der Waals surface area contributed by atoms with E-state index in [9.17, 15) is 10.1 Å². The number of nitrogens with one attached hydrogen (secondary N) is 1. The Balaban J connectivity index is 2.03.